The van der Waals surface area contributed by atoms with Gasteiger partial charge in [0.05, 0.1) is 17.2 Å². The number of rotatable bonds is 6. The van der Waals surface area contributed by atoms with E-state index < -0.39 is 17.6 Å². The van der Waals surface area contributed by atoms with Crippen LogP contribution in [0.4, 0.5) is 17.6 Å². The number of benzene rings is 3. The molecule has 0 aromatic heterocycles. The standard InChI is InChI=1S/C28H21F4N/c1-17(2)27-23(18(3)13-20-7-5-8-21(14-20)16-33)9-6-10-24(27)19(4)22-11-12-26(29)25(15-22)28(30,31)32/h5-12,14-15H,1,3-4,13H2,2H3. The van der Waals surface area contributed by atoms with Gasteiger partial charge in [0.1, 0.15) is 5.82 Å². The summed E-state index contributed by atoms with van der Waals surface area (Å²) in [7, 11) is 0. The van der Waals surface area contributed by atoms with Crippen LogP contribution in [-0.4, -0.2) is 0 Å². The van der Waals surface area contributed by atoms with Gasteiger partial charge in [-0.3, -0.25) is 0 Å². The van der Waals surface area contributed by atoms with Gasteiger partial charge in [0.2, 0.25) is 0 Å². The van der Waals surface area contributed by atoms with Crippen molar-refractivity contribution in [1.82, 2.24) is 0 Å². The number of hydrogen-bond donors (Lipinski definition) is 0. The molecule has 0 aliphatic heterocycles. The smallest absolute Gasteiger partial charge is 0.206 e. The van der Waals surface area contributed by atoms with Crippen molar-refractivity contribution in [3.8, 4) is 6.07 Å². The highest BCUT2D eigenvalue weighted by Gasteiger charge is 2.34. The summed E-state index contributed by atoms with van der Waals surface area (Å²) in [6.07, 6.45) is -4.34. The van der Waals surface area contributed by atoms with Gasteiger partial charge >= 0.3 is 6.18 Å². The van der Waals surface area contributed by atoms with Crippen LogP contribution in [0.5, 0.6) is 0 Å². The van der Waals surface area contributed by atoms with Crippen molar-refractivity contribution in [1.29, 1.82) is 5.26 Å². The van der Waals surface area contributed by atoms with Crippen LogP contribution < -0.4 is 0 Å². The average molecular weight is 447 g/mol. The van der Waals surface area contributed by atoms with Crippen molar-refractivity contribution in [2.24, 2.45) is 0 Å². The van der Waals surface area contributed by atoms with E-state index in [0.29, 0.717) is 34.3 Å². The third-order valence-corrected chi connectivity index (χ3v) is 5.29. The molecule has 0 amide bonds. The van der Waals surface area contributed by atoms with E-state index in [1.165, 1.54) is 6.07 Å². The molecule has 0 atom stereocenters. The maximum atomic E-state index is 13.8. The Labute approximate surface area is 190 Å². The second kappa shape index (κ2) is 9.30. The lowest BCUT2D eigenvalue weighted by Gasteiger charge is -2.19. The van der Waals surface area contributed by atoms with Gasteiger partial charge in [-0.05, 0) is 82.1 Å². The molecular formula is C28H21F4N. The first-order valence-electron chi connectivity index (χ1n) is 10.1. The first kappa shape index (κ1) is 23.7. The van der Waals surface area contributed by atoms with Gasteiger partial charge in [0.25, 0.3) is 0 Å². The molecule has 5 heteroatoms. The number of nitrogens with zero attached hydrogens (tertiary/aromatic N) is 1. The van der Waals surface area contributed by atoms with Crippen LogP contribution in [0.1, 0.15) is 45.9 Å². The lowest BCUT2D eigenvalue weighted by atomic mass is 9.85. The van der Waals surface area contributed by atoms with E-state index in [-0.39, 0.29) is 5.56 Å². The van der Waals surface area contributed by atoms with Crippen LogP contribution >= 0.6 is 0 Å². The molecule has 1 nitrogen and oxygen atoms in total. The second-order valence-electron chi connectivity index (χ2n) is 7.77. The molecule has 0 saturated carbocycles. The van der Waals surface area contributed by atoms with E-state index in [9.17, 15) is 17.6 Å². The number of alkyl halides is 3. The van der Waals surface area contributed by atoms with Crippen LogP contribution in [0.25, 0.3) is 16.7 Å². The van der Waals surface area contributed by atoms with Gasteiger partial charge in [-0.25, -0.2) is 4.39 Å². The van der Waals surface area contributed by atoms with E-state index in [1.54, 1.807) is 37.3 Å². The summed E-state index contributed by atoms with van der Waals surface area (Å²) in [6, 6.07) is 17.5. The third-order valence-electron chi connectivity index (χ3n) is 5.29. The minimum atomic E-state index is -4.81. The maximum absolute atomic E-state index is 13.8. The monoisotopic (exact) mass is 447 g/mol. The first-order valence-corrected chi connectivity index (χ1v) is 10.1. The normalized spacial score (nSPS) is 11.0. The Bertz CT molecular complexity index is 1310. The second-order valence-corrected chi connectivity index (χ2v) is 7.77. The molecule has 0 heterocycles. The van der Waals surface area contributed by atoms with Crippen molar-refractivity contribution < 1.29 is 17.6 Å². The van der Waals surface area contributed by atoms with E-state index in [4.69, 9.17) is 5.26 Å². The molecule has 166 valence electrons. The summed E-state index contributed by atoms with van der Waals surface area (Å²) in [5.74, 6) is -1.33. The van der Waals surface area contributed by atoms with Gasteiger partial charge < -0.3 is 0 Å². The van der Waals surface area contributed by atoms with Gasteiger partial charge in [-0.1, -0.05) is 56.1 Å². The van der Waals surface area contributed by atoms with E-state index in [1.807, 2.05) is 12.1 Å². The van der Waals surface area contributed by atoms with Gasteiger partial charge in [0, 0.05) is 0 Å². The number of halogens is 4. The summed E-state index contributed by atoms with van der Waals surface area (Å²) in [4.78, 5) is 0. The quantitative estimate of drug-likeness (QED) is 0.351. The zero-order valence-electron chi connectivity index (χ0n) is 18.1. The molecular weight excluding hydrogens is 426 g/mol. The Morgan fingerprint density at radius 3 is 2.24 bits per heavy atom. The highest BCUT2D eigenvalue weighted by molar-refractivity contribution is 5.90. The maximum Gasteiger partial charge on any atom is 0.419 e. The molecule has 3 aromatic carbocycles. The summed E-state index contributed by atoms with van der Waals surface area (Å²) >= 11 is 0. The molecule has 0 fully saturated rings. The van der Waals surface area contributed by atoms with Crippen LogP contribution in [0, 0.1) is 17.1 Å². The topological polar surface area (TPSA) is 23.8 Å². The minimum Gasteiger partial charge on any atom is -0.206 e. The van der Waals surface area contributed by atoms with Crippen molar-refractivity contribution >= 4 is 16.7 Å². The number of allylic oxidation sites excluding steroid dienone is 2. The van der Waals surface area contributed by atoms with Crippen molar-refractivity contribution in [2.45, 2.75) is 19.5 Å². The Morgan fingerprint density at radius 1 is 0.939 bits per heavy atom. The predicted molar refractivity (Wildman–Crippen MR) is 125 cm³/mol. The SMILES string of the molecule is C=C(Cc1cccc(C#N)c1)c1cccc(C(=C)c2ccc(F)c(C(F)(F)F)c2)c1C(=C)C. The number of hydrogen-bond acceptors (Lipinski definition) is 1. The van der Waals surface area contributed by atoms with Crippen LogP contribution in [-0.2, 0) is 12.6 Å². The third kappa shape index (κ3) is 5.12. The average Bonchev–Trinajstić information content (AvgIpc) is 2.77. The number of nitriles is 1. The zero-order valence-corrected chi connectivity index (χ0v) is 18.1. The van der Waals surface area contributed by atoms with Crippen molar-refractivity contribution in [3.05, 3.63) is 125 Å². The summed E-state index contributed by atoms with van der Waals surface area (Å²) in [6.45, 7) is 14.0. The highest BCUT2D eigenvalue weighted by atomic mass is 19.4. The lowest BCUT2D eigenvalue weighted by molar-refractivity contribution is -0.140. The van der Waals surface area contributed by atoms with E-state index in [0.717, 1.165) is 28.8 Å². The van der Waals surface area contributed by atoms with Gasteiger partial charge in [-0.2, -0.15) is 18.4 Å². The van der Waals surface area contributed by atoms with Crippen molar-refractivity contribution in [3.63, 3.8) is 0 Å². The molecule has 0 unspecified atom stereocenters. The molecule has 3 aromatic rings. The van der Waals surface area contributed by atoms with Crippen LogP contribution in [0.2, 0.25) is 0 Å². The Kier molecular flexibility index (Phi) is 6.69. The highest BCUT2D eigenvalue weighted by Crippen LogP contribution is 2.37. The molecule has 33 heavy (non-hydrogen) atoms. The fourth-order valence-electron chi connectivity index (χ4n) is 3.74. The van der Waals surface area contributed by atoms with Crippen molar-refractivity contribution in [2.75, 3.05) is 0 Å². The molecule has 0 bridgehead atoms. The van der Waals surface area contributed by atoms with Gasteiger partial charge in [-0.15, -0.1) is 0 Å². The zero-order chi connectivity index (χ0) is 24.3. The predicted octanol–water partition coefficient (Wildman–Crippen LogP) is 8.07. The van der Waals surface area contributed by atoms with E-state index in [2.05, 4.69) is 25.8 Å². The Balaban J connectivity index is 2.05. The molecule has 0 saturated heterocycles. The lowest BCUT2D eigenvalue weighted by Crippen LogP contribution is -2.09. The molecule has 0 N–H and O–H groups in total. The molecule has 3 rings (SSSR count). The largest absolute Gasteiger partial charge is 0.419 e. The van der Waals surface area contributed by atoms with E-state index >= 15 is 0 Å². The fraction of sp³-hybridized carbons (Fsp3) is 0.107. The summed E-state index contributed by atoms with van der Waals surface area (Å²) in [5.41, 5.74) is 4.12. The molecule has 0 radical (unpaired) electrons. The van der Waals surface area contributed by atoms with Crippen LogP contribution in [0.15, 0.2) is 80.4 Å². The fourth-order valence-corrected chi connectivity index (χ4v) is 3.74. The van der Waals surface area contributed by atoms with Gasteiger partial charge in [0.15, 0.2) is 0 Å². The summed E-state index contributed by atoms with van der Waals surface area (Å²) < 4.78 is 53.4. The summed E-state index contributed by atoms with van der Waals surface area (Å²) in [5, 5.41) is 9.14. The minimum absolute atomic E-state index is 0.163. The molecule has 0 aliphatic rings. The Morgan fingerprint density at radius 2 is 1.61 bits per heavy atom. The molecule has 0 aliphatic carbocycles. The Hall–Kier alpha value is -3.91. The van der Waals surface area contributed by atoms with Crippen LogP contribution in [0.3, 0.4) is 0 Å². The first-order chi connectivity index (χ1) is 15.5. The molecule has 0 spiro atoms.